The minimum Gasteiger partial charge on any atom is -0.392 e. The van der Waals surface area contributed by atoms with Crippen LogP contribution in [0.25, 0.3) is 10.2 Å². The Bertz CT molecular complexity index is 739. The highest BCUT2D eigenvalue weighted by atomic mass is 32.1. The molecule has 3 N–H and O–H groups in total. The molecule has 18 heavy (non-hydrogen) atoms. The first-order valence-electron chi connectivity index (χ1n) is 5.49. The lowest BCUT2D eigenvalue weighted by molar-refractivity contribution is 0.752. The van der Waals surface area contributed by atoms with Crippen LogP contribution in [-0.2, 0) is 13.0 Å². The van der Waals surface area contributed by atoms with E-state index >= 15 is 0 Å². The van der Waals surface area contributed by atoms with Crippen molar-refractivity contribution in [2.75, 3.05) is 0 Å². The molecule has 7 heteroatoms. The quantitative estimate of drug-likeness (QED) is 0.820. The molecule has 0 atom stereocenters. The maximum Gasteiger partial charge on any atom is 0.329 e. The fraction of sp³-hybridized carbons (Fsp3) is 0.364. The molecule has 2 aromatic rings. The highest BCUT2D eigenvalue weighted by molar-refractivity contribution is 7.80. The highest BCUT2D eigenvalue weighted by Crippen LogP contribution is 2.26. The summed E-state index contributed by atoms with van der Waals surface area (Å²) < 4.78 is 1.05. The van der Waals surface area contributed by atoms with Crippen molar-refractivity contribution in [3.05, 3.63) is 31.3 Å². The number of hydrogen-bond donors (Lipinski definition) is 2. The Morgan fingerprint density at radius 1 is 1.50 bits per heavy atom. The minimum absolute atomic E-state index is 0.0303. The molecule has 0 radical (unpaired) electrons. The van der Waals surface area contributed by atoms with Crippen molar-refractivity contribution in [1.82, 2.24) is 9.55 Å². The molecule has 2 rings (SSSR count). The number of nitrogens with zero attached hydrogens (tertiary/aromatic N) is 1. The van der Waals surface area contributed by atoms with Gasteiger partial charge in [-0.2, -0.15) is 0 Å². The fourth-order valence-corrected chi connectivity index (χ4v) is 3.27. The molecule has 2 heterocycles. The summed E-state index contributed by atoms with van der Waals surface area (Å²) in [6, 6.07) is 0. The van der Waals surface area contributed by atoms with Crippen LogP contribution in [-0.4, -0.2) is 14.5 Å². The second-order valence-electron chi connectivity index (χ2n) is 3.98. The van der Waals surface area contributed by atoms with Crippen LogP contribution in [0.1, 0.15) is 17.4 Å². The number of aryl methyl sites for hydroxylation is 2. The third-order valence-corrected chi connectivity index (χ3v) is 3.99. The number of thiophene rings is 1. The number of aromatic amines is 1. The van der Waals surface area contributed by atoms with E-state index in [0.717, 1.165) is 21.4 Å². The molecular formula is C11H13N3O2S2. The third kappa shape index (κ3) is 1.99. The topological polar surface area (TPSA) is 80.9 Å². The van der Waals surface area contributed by atoms with Crippen molar-refractivity contribution < 1.29 is 0 Å². The molecule has 0 spiro atoms. The molecule has 0 aliphatic rings. The zero-order chi connectivity index (χ0) is 13.4. The van der Waals surface area contributed by atoms with Crippen molar-refractivity contribution in [1.29, 1.82) is 0 Å². The zero-order valence-corrected chi connectivity index (χ0v) is 11.7. The first kappa shape index (κ1) is 13.0. The standard InChI is InChI=1S/C11H13N3O2S2/c1-3-6-5(2)18-9-8(6)10(15)14(4-7(12)17)11(16)13-9/h3-4H2,1-2H3,(H2,12,17)(H,13,16). The molecule has 0 aromatic carbocycles. The normalized spacial score (nSPS) is 11.0. The summed E-state index contributed by atoms with van der Waals surface area (Å²) in [6.07, 6.45) is 0.750. The van der Waals surface area contributed by atoms with Crippen LogP contribution < -0.4 is 17.0 Å². The van der Waals surface area contributed by atoms with Crippen molar-refractivity contribution >= 4 is 38.8 Å². The van der Waals surface area contributed by atoms with Crippen LogP contribution in [0.15, 0.2) is 9.59 Å². The molecule has 0 saturated heterocycles. The number of fused-ring (bicyclic) bond motifs is 1. The Morgan fingerprint density at radius 3 is 2.72 bits per heavy atom. The van der Waals surface area contributed by atoms with Gasteiger partial charge in [-0.15, -0.1) is 11.3 Å². The number of rotatable bonds is 3. The van der Waals surface area contributed by atoms with Crippen molar-refractivity contribution in [3.8, 4) is 0 Å². The minimum atomic E-state index is -0.468. The summed E-state index contributed by atoms with van der Waals surface area (Å²) in [5, 5.41) is 0.579. The molecule has 0 amide bonds. The summed E-state index contributed by atoms with van der Waals surface area (Å²) in [4.78, 5) is 28.6. The van der Waals surface area contributed by atoms with Crippen LogP contribution in [0.3, 0.4) is 0 Å². The lowest BCUT2D eigenvalue weighted by Gasteiger charge is -2.03. The van der Waals surface area contributed by atoms with E-state index in [-0.39, 0.29) is 17.1 Å². The maximum atomic E-state index is 12.3. The van der Waals surface area contributed by atoms with Gasteiger partial charge in [0, 0.05) is 4.88 Å². The monoisotopic (exact) mass is 283 g/mol. The van der Waals surface area contributed by atoms with E-state index in [4.69, 9.17) is 18.0 Å². The van der Waals surface area contributed by atoms with Crippen LogP contribution in [0.4, 0.5) is 0 Å². The Labute approximate surface area is 112 Å². The average molecular weight is 283 g/mol. The largest absolute Gasteiger partial charge is 0.392 e. The average Bonchev–Trinajstić information content (AvgIpc) is 2.59. The summed E-state index contributed by atoms with van der Waals surface area (Å²) in [7, 11) is 0. The van der Waals surface area contributed by atoms with E-state index in [0.29, 0.717) is 10.2 Å². The molecule has 0 aliphatic carbocycles. The Morgan fingerprint density at radius 2 is 2.17 bits per heavy atom. The van der Waals surface area contributed by atoms with E-state index in [9.17, 15) is 9.59 Å². The van der Waals surface area contributed by atoms with Crippen LogP contribution in [0.2, 0.25) is 0 Å². The van der Waals surface area contributed by atoms with Gasteiger partial charge in [0.25, 0.3) is 5.56 Å². The predicted octanol–water partition coefficient (Wildman–Crippen LogP) is 0.908. The zero-order valence-electron chi connectivity index (χ0n) is 10.1. The summed E-state index contributed by atoms with van der Waals surface area (Å²) in [6.45, 7) is 3.90. The molecule has 2 aromatic heterocycles. The molecule has 5 nitrogen and oxygen atoms in total. The number of nitrogens with two attached hydrogens (primary N) is 1. The lowest BCUT2D eigenvalue weighted by atomic mass is 10.1. The van der Waals surface area contributed by atoms with Crippen molar-refractivity contribution in [3.63, 3.8) is 0 Å². The van der Waals surface area contributed by atoms with Gasteiger partial charge in [0.1, 0.15) is 4.83 Å². The van der Waals surface area contributed by atoms with Crippen LogP contribution >= 0.6 is 23.6 Å². The Balaban J connectivity index is 2.87. The van der Waals surface area contributed by atoms with Gasteiger partial charge in [-0.3, -0.25) is 14.3 Å². The van der Waals surface area contributed by atoms with Gasteiger partial charge in [0.05, 0.1) is 16.9 Å². The Hall–Kier alpha value is -1.47. The van der Waals surface area contributed by atoms with Gasteiger partial charge in [-0.25, -0.2) is 4.79 Å². The molecule has 0 aliphatic heterocycles. The first-order valence-corrected chi connectivity index (χ1v) is 6.71. The molecular weight excluding hydrogens is 270 g/mol. The number of thiocarbonyl (C=S) groups is 1. The van der Waals surface area contributed by atoms with Crippen molar-refractivity contribution in [2.45, 2.75) is 26.8 Å². The summed E-state index contributed by atoms with van der Waals surface area (Å²) in [5.41, 5.74) is 5.60. The molecule has 0 saturated carbocycles. The van der Waals surface area contributed by atoms with Crippen LogP contribution in [0, 0.1) is 6.92 Å². The second kappa shape index (κ2) is 4.66. The second-order valence-corrected chi connectivity index (χ2v) is 5.73. The first-order chi connectivity index (χ1) is 8.45. The maximum absolute atomic E-state index is 12.3. The predicted molar refractivity (Wildman–Crippen MR) is 77.6 cm³/mol. The van der Waals surface area contributed by atoms with Gasteiger partial charge >= 0.3 is 5.69 Å². The summed E-state index contributed by atoms with van der Waals surface area (Å²) in [5.74, 6) is 0. The van der Waals surface area contributed by atoms with E-state index in [1.165, 1.54) is 11.3 Å². The molecule has 0 bridgehead atoms. The highest BCUT2D eigenvalue weighted by Gasteiger charge is 2.15. The van der Waals surface area contributed by atoms with Gasteiger partial charge < -0.3 is 5.73 Å². The molecule has 0 fully saturated rings. The number of aromatic nitrogens is 2. The SMILES string of the molecule is CCc1c(C)sc2[nH]c(=O)n(CC(N)=S)c(=O)c12. The van der Waals surface area contributed by atoms with Crippen molar-refractivity contribution in [2.24, 2.45) is 5.73 Å². The van der Waals surface area contributed by atoms with E-state index in [1.807, 2.05) is 13.8 Å². The summed E-state index contributed by atoms with van der Waals surface area (Å²) >= 11 is 6.18. The van der Waals surface area contributed by atoms with E-state index in [2.05, 4.69) is 4.98 Å². The van der Waals surface area contributed by atoms with E-state index in [1.54, 1.807) is 0 Å². The number of hydrogen-bond acceptors (Lipinski definition) is 4. The Kier molecular flexibility index (Phi) is 3.36. The van der Waals surface area contributed by atoms with Gasteiger partial charge in [0.15, 0.2) is 0 Å². The number of nitrogens with one attached hydrogen (secondary N) is 1. The van der Waals surface area contributed by atoms with Crippen LogP contribution in [0.5, 0.6) is 0 Å². The van der Waals surface area contributed by atoms with Gasteiger partial charge in [-0.05, 0) is 18.9 Å². The smallest absolute Gasteiger partial charge is 0.329 e. The fourth-order valence-electron chi connectivity index (χ4n) is 2.01. The number of H-pyrrole nitrogens is 1. The van der Waals surface area contributed by atoms with Gasteiger partial charge in [0.2, 0.25) is 0 Å². The van der Waals surface area contributed by atoms with E-state index < -0.39 is 5.69 Å². The molecule has 96 valence electrons. The molecule has 0 unspecified atom stereocenters. The van der Waals surface area contributed by atoms with Gasteiger partial charge in [-0.1, -0.05) is 19.1 Å². The third-order valence-electron chi connectivity index (χ3n) is 2.80. The lowest BCUT2D eigenvalue weighted by Crippen LogP contribution is -2.38.